The molecule has 0 fully saturated rings. The van der Waals surface area contributed by atoms with Crippen molar-refractivity contribution in [3.63, 3.8) is 0 Å². The van der Waals surface area contributed by atoms with E-state index in [0.717, 1.165) is 30.3 Å². The van der Waals surface area contributed by atoms with Crippen LogP contribution >= 0.6 is 0 Å². The SMILES string of the molecule is N#C/C(=N\Nc1ccc(Oc2ccc(S(N)(=O)=O)cc2)c(C(F)(F)F)c1)C(=N)N. The van der Waals surface area contributed by atoms with Crippen molar-refractivity contribution in [2.45, 2.75) is 11.1 Å². The van der Waals surface area contributed by atoms with Gasteiger partial charge < -0.3 is 10.5 Å². The van der Waals surface area contributed by atoms with E-state index in [1.807, 2.05) is 0 Å². The molecule has 0 aliphatic carbocycles. The number of nitrogens with two attached hydrogens (primary N) is 2. The van der Waals surface area contributed by atoms with Crippen molar-refractivity contribution in [1.29, 1.82) is 10.7 Å². The monoisotopic (exact) mass is 426 g/mol. The summed E-state index contributed by atoms with van der Waals surface area (Å²) in [6, 6.07) is 8.90. The normalized spacial score (nSPS) is 12.2. The van der Waals surface area contributed by atoms with Crippen molar-refractivity contribution < 1.29 is 26.3 Å². The number of nitrogens with one attached hydrogen (secondary N) is 2. The number of hydrogen-bond acceptors (Lipinski definition) is 7. The molecule has 0 unspecified atom stereocenters. The minimum Gasteiger partial charge on any atom is -0.457 e. The summed E-state index contributed by atoms with van der Waals surface area (Å²) in [6.45, 7) is 0. The summed E-state index contributed by atoms with van der Waals surface area (Å²) in [7, 11) is -3.95. The fourth-order valence-corrected chi connectivity index (χ4v) is 2.52. The average molecular weight is 426 g/mol. The second kappa shape index (κ2) is 8.17. The number of amidine groups is 1. The molecule has 2 rings (SSSR count). The van der Waals surface area contributed by atoms with Gasteiger partial charge in [-0.2, -0.15) is 23.5 Å². The van der Waals surface area contributed by atoms with Gasteiger partial charge in [-0.05, 0) is 42.5 Å². The highest BCUT2D eigenvalue weighted by Crippen LogP contribution is 2.39. The van der Waals surface area contributed by atoms with Gasteiger partial charge in [-0.15, -0.1) is 0 Å². The summed E-state index contributed by atoms with van der Waals surface area (Å²) in [5.41, 5.74) is 5.52. The van der Waals surface area contributed by atoms with Crippen LogP contribution in [0.1, 0.15) is 5.56 Å². The van der Waals surface area contributed by atoms with Crippen LogP contribution in [-0.2, 0) is 16.2 Å². The molecule has 0 aliphatic rings. The highest BCUT2D eigenvalue weighted by molar-refractivity contribution is 7.89. The van der Waals surface area contributed by atoms with E-state index in [1.165, 1.54) is 12.1 Å². The van der Waals surface area contributed by atoms with Crippen LogP contribution in [0.5, 0.6) is 11.5 Å². The molecule has 0 saturated heterocycles. The molecule has 0 bridgehead atoms. The fraction of sp³-hybridized carbons (Fsp3) is 0.0625. The van der Waals surface area contributed by atoms with E-state index in [2.05, 4.69) is 10.5 Å². The number of rotatable bonds is 6. The maximum Gasteiger partial charge on any atom is 0.420 e. The van der Waals surface area contributed by atoms with Gasteiger partial charge in [0.15, 0.2) is 5.84 Å². The van der Waals surface area contributed by atoms with Crippen molar-refractivity contribution in [1.82, 2.24) is 0 Å². The van der Waals surface area contributed by atoms with Crippen LogP contribution < -0.4 is 21.0 Å². The first-order valence-corrected chi connectivity index (χ1v) is 9.06. The Morgan fingerprint density at radius 1 is 1.21 bits per heavy atom. The van der Waals surface area contributed by atoms with Gasteiger partial charge in [0.05, 0.1) is 10.6 Å². The molecule has 6 N–H and O–H groups in total. The van der Waals surface area contributed by atoms with Crippen LogP contribution in [-0.4, -0.2) is 20.0 Å². The highest BCUT2D eigenvalue weighted by Gasteiger charge is 2.35. The third-order valence-electron chi connectivity index (χ3n) is 3.32. The molecule has 0 atom stereocenters. The van der Waals surface area contributed by atoms with Crippen molar-refractivity contribution in [3.8, 4) is 17.6 Å². The first kappa shape index (κ1) is 21.7. The first-order chi connectivity index (χ1) is 13.4. The molecule has 0 aromatic heterocycles. The van der Waals surface area contributed by atoms with Crippen molar-refractivity contribution in [2.75, 3.05) is 5.43 Å². The Morgan fingerprint density at radius 3 is 2.31 bits per heavy atom. The maximum absolute atomic E-state index is 13.4. The Labute approximate surface area is 162 Å². The van der Waals surface area contributed by atoms with Gasteiger partial charge in [0, 0.05) is 0 Å². The predicted octanol–water partition coefficient (Wildman–Crippen LogP) is 2.37. The topological polar surface area (TPSA) is 167 Å². The lowest BCUT2D eigenvalue weighted by Crippen LogP contribution is -2.21. The van der Waals surface area contributed by atoms with E-state index in [0.29, 0.717) is 6.07 Å². The van der Waals surface area contributed by atoms with E-state index in [1.54, 1.807) is 0 Å². The fourth-order valence-electron chi connectivity index (χ4n) is 2.00. The Bertz CT molecular complexity index is 1110. The van der Waals surface area contributed by atoms with Gasteiger partial charge in [-0.3, -0.25) is 10.8 Å². The molecule has 9 nitrogen and oxygen atoms in total. The summed E-state index contributed by atoms with van der Waals surface area (Å²) < 4.78 is 67.9. The Morgan fingerprint density at radius 2 is 1.83 bits per heavy atom. The summed E-state index contributed by atoms with van der Waals surface area (Å²) in [6.07, 6.45) is -4.80. The number of halogens is 3. The number of anilines is 1. The summed E-state index contributed by atoms with van der Waals surface area (Å²) in [4.78, 5) is -0.225. The standard InChI is InChI=1S/C16H13F3N6O3S/c17-16(18,19)12-7-9(24-25-13(8-20)15(21)22)1-6-14(12)28-10-2-4-11(5-3-10)29(23,26)27/h1-7,24H,(H3,21,22)(H2,23,26,27)/b25-13+. The Hall–Kier alpha value is -3.63. The van der Waals surface area contributed by atoms with Gasteiger partial charge in [-0.1, -0.05) is 0 Å². The Balaban J connectivity index is 2.35. The molecule has 0 radical (unpaired) electrons. The highest BCUT2D eigenvalue weighted by atomic mass is 32.2. The molecule has 0 spiro atoms. The zero-order chi connectivity index (χ0) is 21.8. The van der Waals surface area contributed by atoms with Gasteiger partial charge >= 0.3 is 6.18 Å². The molecule has 2 aromatic rings. The van der Waals surface area contributed by atoms with Gasteiger partial charge in [0.2, 0.25) is 15.7 Å². The summed E-state index contributed by atoms with van der Waals surface area (Å²) in [5, 5.41) is 24.3. The van der Waals surface area contributed by atoms with E-state index in [9.17, 15) is 21.6 Å². The van der Waals surface area contributed by atoms with Crippen molar-refractivity contribution >= 4 is 27.3 Å². The summed E-state index contributed by atoms with van der Waals surface area (Å²) in [5.74, 6) is -1.26. The van der Waals surface area contributed by atoms with E-state index in [4.69, 9.17) is 26.3 Å². The number of primary sulfonamides is 1. The molecule has 0 amide bonds. The molecular formula is C16H13F3N6O3S. The van der Waals surface area contributed by atoms with Crippen LogP contribution in [0, 0.1) is 16.7 Å². The zero-order valence-corrected chi connectivity index (χ0v) is 15.2. The predicted molar refractivity (Wildman–Crippen MR) is 97.9 cm³/mol. The Kier molecular flexibility index (Phi) is 6.10. The molecule has 0 aliphatic heterocycles. The van der Waals surface area contributed by atoms with Crippen LogP contribution in [0.2, 0.25) is 0 Å². The lowest BCUT2D eigenvalue weighted by atomic mass is 10.1. The third kappa shape index (κ3) is 5.67. The van der Waals surface area contributed by atoms with Gasteiger partial charge in [0.25, 0.3) is 0 Å². The number of benzene rings is 2. The number of nitrogens with zero attached hydrogens (tertiary/aromatic N) is 2. The minimum atomic E-state index is -4.80. The maximum atomic E-state index is 13.4. The molecule has 13 heteroatoms. The van der Waals surface area contributed by atoms with Crippen LogP contribution in [0.15, 0.2) is 52.5 Å². The van der Waals surface area contributed by atoms with E-state index in [-0.39, 0.29) is 16.3 Å². The van der Waals surface area contributed by atoms with Crippen LogP contribution in [0.3, 0.4) is 0 Å². The third-order valence-corrected chi connectivity index (χ3v) is 4.25. The lowest BCUT2D eigenvalue weighted by Gasteiger charge is -2.15. The molecule has 0 saturated carbocycles. The second-order valence-corrected chi connectivity index (χ2v) is 6.99. The lowest BCUT2D eigenvalue weighted by molar-refractivity contribution is -0.138. The number of hydrogen-bond donors (Lipinski definition) is 4. The van der Waals surface area contributed by atoms with Crippen LogP contribution in [0.4, 0.5) is 18.9 Å². The van der Waals surface area contributed by atoms with Crippen molar-refractivity contribution in [2.24, 2.45) is 16.0 Å². The molecule has 152 valence electrons. The van der Waals surface area contributed by atoms with Gasteiger partial charge in [0.1, 0.15) is 23.1 Å². The number of nitriles is 1. The molecule has 29 heavy (non-hydrogen) atoms. The number of alkyl halides is 3. The number of ether oxygens (including phenoxy) is 1. The molecule has 0 heterocycles. The molecule has 2 aromatic carbocycles. The molecular weight excluding hydrogens is 413 g/mol. The van der Waals surface area contributed by atoms with Gasteiger partial charge in [-0.25, -0.2) is 13.6 Å². The van der Waals surface area contributed by atoms with Crippen LogP contribution in [0.25, 0.3) is 0 Å². The first-order valence-electron chi connectivity index (χ1n) is 7.52. The smallest absolute Gasteiger partial charge is 0.420 e. The van der Waals surface area contributed by atoms with E-state index < -0.39 is 39.1 Å². The summed E-state index contributed by atoms with van der Waals surface area (Å²) >= 11 is 0. The van der Waals surface area contributed by atoms with E-state index >= 15 is 0 Å². The quantitative estimate of drug-likeness (QED) is 0.314. The minimum absolute atomic E-state index is 0.0509. The zero-order valence-electron chi connectivity index (χ0n) is 14.4. The van der Waals surface area contributed by atoms with Crippen molar-refractivity contribution in [3.05, 3.63) is 48.0 Å². The number of sulfonamides is 1. The second-order valence-electron chi connectivity index (χ2n) is 5.42. The number of hydrazone groups is 1. The average Bonchev–Trinajstić information content (AvgIpc) is 2.62. The largest absolute Gasteiger partial charge is 0.457 e.